The van der Waals surface area contributed by atoms with Gasteiger partial charge in [-0.05, 0) is 32.3 Å². The second kappa shape index (κ2) is 2.87. The summed E-state index contributed by atoms with van der Waals surface area (Å²) in [6, 6.07) is 0. The molecule has 0 fully saturated rings. The molecule has 0 aromatic carbocycles. The minimum absolute atomic E-state index is 0.176. The highest BCUT2D eigenvalue weighted by Gasteiger charge is 2.51. The van der Waals surface area contributed by atoms with Crippen molar-refractivity contribution in [3.05, 3.63) is 11.1 Å². The summed E-state index contributed by atoms with van der Waals surface area (Å²) < 4.78 is 0. The lowest BCUT2D eigenvalue weighted by molar-refractivity contribution is -0.161. The van der Waals surface area contributed by atoms with Crippen LogP contribution in [0.5, 0.6) is 0 Å². The van der Waals surface area contributed by atoms with Gasteiger partial charge in [0.25, 0.3) is 0 Å². The maximum Gasteiger partial charge on any atom is 0.325 e. The highest BCUT2D eigenvalue weighted by Crippen LogP contribution is 2.43. The van der Waals surface area contributed by atoms with Gasteiger partial charge in [0.15, 0.2) is 5.41 Å². The average Bonchev–Trinajstić information content (AvgIpc) is 2.30. The summed E-state index contributed by atoms with van der Waals surface area (Å²) in [4.78, 5) is 21.8. The smallest absolute Gasteiger partial charge is 0.325 e. The van der Waals surface area contributed by atoms with E-state index in [1.54, 1.807) is 13.8 Å². The molecule has 0 saturated heterocycles. The van der Waals surface area contributed by atoms with Crippen molar-refractivity contribution >= 4 is 11.9 Å². The number of rotatable bonds is 2. The maximum atomic E-state index is 10.9. The van der Waals surface area contributed by atoms with Gasteiger partial charge < -0.3 is 10.2 Å². The van der Waals surface area contributed by atoms with Gasteiger partial charge in [-0.25, -0.2) is 0 Å². The summed E-state index contributed by atoms with van der Waals surface area (Å²) in [7, 11) is 0. The Labute approximate surface area is 75.9 Å². The molecule has 0 aromatic heterocycles. The maximum absolute atomic E-state index is 10.9. The SMILES string of the molecule is CC1=C(C)C(C(=O)O)(C(=O)O)CC1. The van der Waals surface area contributed by atoms with Crippen LogP contribution in [0.1, 0.15) is 26.7 Å². The molecule has 0 atom stereocenters. The lowest BCUT2D eigenvalue weighted by Crippen LogP contribution is -2.38. The Kier molecular flexibility index (Phi) is 2.15. The molecule has 72 valence electrons. The van der Waals surface area contributed by atoms with Gasteiger partial charge in [-0.15, -0.1) is 0 Å². The van der Waals surface area contributed by atoms with Gasteiger partial charge >= 0.3 is 11.9 Å². The number of carboxylic acids is 2. The molecule has 0 amide bonds. The molecule has 0 saturated carbocycles. The van der Waals surface area contributed by atoms with Gasteiger partial charge in [-0.2, -0.15) is 0 Å². The molecule has 0 spiro atoms. The second-order valence-electron chi connectivity index (χ2n) is 3.42. The van der Waals surface area contributed by atoms with E-state index >= 15 is 0 Å². The summed E-state index contributed by atoms with van der Waals surface area (Å²) >= 11 is 0. The topological polar surface area (TPSA) is 74.6 Å². The van der Waals surface area contributed by atoms with Gasteiger partial charge in [0.2, 0.25) is 0 Å². The van der Waals surface area contributed by atoms with Crippen molar-refractivity contribution in [2.75, 3.05) is 0 Å². The molecule has 0 unspecified atom stereocenters. The third kappa shape index (κ3) is 1.13. The Bertz CT molecular complexity index is 287. The van der Waals surface area contributed by atoms with Crippen LogP contribution in [0.2, 0.25) is 0 Å². The van der Waals surface area contributed by atoms with E-state index in [2.05, 4.69) is 0 Å². The molecule has 0 aliphatic heterocycles. The largest absolute Gasteiger partial charge is 0.480 e. The first-order valence-electron chi connectivity index (χ1n) is 4.06. The summed E-state index contributed by atoms with van der Waals surface area (Å²) in [5, 5.41) is 17.8. The molecule has 2 N–H and O–H groups in total. The Balaban J connectivity index is 3.24. The summed E-state index contributed by atoms with van der Waals surface area (Å²) in [5.74, 6) is -2.51. The van der Waals surface area contributed by atoms with Crippen LogP contribution in [0.25, 0.3) is 0 Å². The summed E-state index contributed by atoms with van der Waals surface area (Å²) in [5.41, 5.74) is -0.304. The number of hydrogen-bond donors (Lipinski definition) is 2. The first-order valence-corrected chi connectivity index (χ1v) is 4.06. The van der Waals surface area contributed by atoms with Crippen molar-refractivity contribution in [2.45, 2.75) is 26.7 Å². The zero-order chi connectivity index (χ0) is 10.2. The highest BCUT2D eigenvalue weighted by molar-refractivity contribution is 6.02. The van der Waals surface area contributed by atoms with Crippen LogP contribution in [0.15, 0.2) is 11.1 Å². The first kappa shape index (κ1) is 9.77. The molecule has 4 heteroatoms. The predicted molar refractivity (Wildman–Crippen MR) is 45.3 cm³/mol. The monoisotopic (exact) mass is 184 g/mol. The zero-order valence-electron chi connectivity index (χ0n) is 7.63. The fourth-order valence-corrected chi connectivity index (χ4v) is 1.74. The Morgan fingerprint density at radius 1 is 1.23 bits per heavy atom. The van der Waals surface area contributed by atoms with Crippen LogP contribution in [-0.2, 0) is 9.59 Å². The van der Waals surface area contributed by atoms with Crippen molar-refractivity contribution in [3.8, 4) is 0 Å². The Hall–Kier alpha value is -1.32. The molecule has 0 radical (unpaired) electrons. The molecule has 13 heavy (non-hydrogen) atoms. The highest BCUT2D eigenvalue weighted by atomic mass is 16.4. The van der Waals surface area contributed by atoms with Crippen LogP contribution in [0.4, 0.5) is 0 Å². The van der Waals surface area contributed by atoms with Gasteiger partial charge in [-0.1, -0.05) is 5.57 Å². The summed E-state index contributed by atoms with van der Waals surface area (Å²) in [6.07, 6.45) is 0.736. The average molecular weight is 184 g/mol. The molecule has 4 nitrogen and oxygen atoms in total. The van der Waals surface area contributed by atoms with Crippen LogP contribution >= 0.6 is 0 Å². The van der Waals surface area contributed by atoms with E-state index in [4.69, 9.17) is 10.2 Å². The van der Waals surface area contributed by atoms with Gasteiger partial charge in [0.1, 0.15) is 0 Å². The second-order valence-corrected chi connectivity index (χ2v) is 3.42. The molecule has 1 aliphatic rings. The number of hydrogen-bond acceptors (Lipinski definition) is 2. The zero-order valence-corrected chi connectivity index (χ0v) is 7.63. The van der Waals surface area contributed by atoms with Gasteiger partial charge in [-0.3, -0.25) is 9.59 Å². The van der Waals surface area contributed by atoms with E-state index in [9.17, 15) is 9.59 Å². The van der Waals surface area contributed by atoms with E-state index in [1.165, 1.54) is 0 Å². The Morgan fingerprint density at radius 2 is 1.69 bits per heavy atom. The third-order valence-electron chi connectivity index (χ3n) is 2.89. The van der Waals surface area contributed by atoms with E-state index in [0.29, 0.717) is 12.0 Å². The lowest BCUT2D eigenvalue weighted by atomic mass is 9.82. The normalized spacial score (nSPS) is 20.5. The van der Waals surface area contributed by atoms with E-state index in [-0.39, 0.29) is 6.42 Å². The molecule has 0 heterocycles. The van der Waals surface area contributed by atoms with Crippen molar-refractivity contribution in [1.82, 2.24) is 0 Å². The third-order valence-corrected chi connectivity index (χ3v) is 2.89. The van der Waals surface area contributed by atoms with E-state index < -0.39 is 17.4 Å². The number of carboxylic acid groups (broad SMARTS) is 2. The number of carbonyl (C=O) groups is 2. The summed E-state index contributed by atoms with van der Waals surface area (Å²) in [6.45, 7) is 3.37. The lowest BCUT2D eigenvalue weighted by Gasteiger charge is -2.20. The molecule has 0 aromatic rings. The van der Waals surface area contributed by atoms with Crippen LogP contribution in [0, 0.1) is 5.41 Å². The fourth-order valence-electron chi connectivity index (χ4n) is 1.74. The fraction of sp³-hybridized carbons (Fsp3) is 0.556. The van der Waals surface area contributed by atoms with E-state index in [1.807, 2.05) is 0 Å². The number of aliphatic carboxylic acids is 2. The molecule has 1 aliphatic carbocycles. The van der Waals surface area contributed by atoms with Gasteiger partial charge in [0.05, 0.1) is 0 Å². The molecular weight excluding hydrogens is 172 g/mol. The Morgan fingerprint density at radius 3 is 1.85 bits per heavy atom. The standard InChI is InChI=1S/C9H12O4/c1-5-3-4-9(6(5)2,7(10)11)8(12)13/h3-4H2,1-2H3,(H,10,11)(H,12,13). The number of allylic oxidation sites excluding steroid dienone is 1. The molecular formula is C9H12O4. The van der Waals surface area contributed by atoms with Crippen molar-refractivity contribution in [2.24, 2.45) is 5.41 Å². The first-order chi connectivity index (χ1) is 5.93. The van der Waals surface area contributed by atoms with Crippen molar-refractivity contribution in [3.63, 3.8) is 0 Å². The van der Waals surface area contributed by atoms with E-state index in [0.717, 1.165) is 5.57 Å². The molecule has 0 bridgehead atoms. The minimum Gasteiger partial charge on any atom is -0.480 e. The quantitative estimate of drug-likeness (QED) is 0.500. The van der Waals surface area contributed by atoms with Crippen molar-refractivity contribution in [1.29, 1.82) is 0 Å². The van der Waals surface area contributed by atoms with Crippen LogP contribution < -0.4 is 0 Å². The molecule has 1 rings (SSSR count). The van der Waals surface area contributed by atoms with Gasteiger partial charge in [0, 0.05) is 0 Å². The predicted octanol–water partition coefficient (Wildman–Crippen LogP) is 1.27. The van der Waals surface area contributed by atoms with Crippen LogP contribution in [0.3, 0.4) is 0 Å². The van der Waals surface area contributed by atoms with Crippen molar-refractivity contribution < 1.29 is 19.8 Å². The minimum atomic E-state index is -1.66. The van der Waals surface area contributed by atoms with Crippen LogP contribution in [-0.4, -0.2) is 22.2 Å².